The van der Waals surface area contributed by atoms with Crippen molar-refractivity contribution in [1.29, 1.82) is 0 Å². The monoisotopic (exact) mass is 339 g/mol. The van der Waals surface area contributed by atoms with Crippen LogP contribution in [0.3, 0.4) is 0 Å². The summed E-state index contributed by atoms with van der Waals surface area (Å²) in [4.78, 5) is 27.2. The van der Waals surface area contributed by atoms with Crippen molar-refractivity contribution >= 4 is 23.2 Å². The summed E-state index contributed by atoms with van der Waals surface area (Å²) in [6.07, 6.45) is 0.920. The molecule has 7 heteroatoms. The van der Waals surface area contributed by atoms with Gasteiger partial charge in [0.25, 0.3) is 5.91 Å². The van der Waals surface area contributed by atoms with E-state index in [4.69, 9.17) is 4.74 Å². The predicted octanol–water partition coefficient (Wildman–Crippen LogP) is 1.09. The Morgan fingerprint density at radius 3 is 2.91 bits per heavy atom. The lowest BCUT2D eigenvalue weighted by Crippen LogP contribution is -2.55. The lowest BCUT2D eigenvalue weighted by atomic mass is 10.0. The molecule has 128 valence electrons. The number of hydrogen-bond acceptors (Lipinski definition) is 5. The molecule has 23 heavy (non-hydrogen) atoms. The number of carbonyl (C=O) groups is 2. The van der Waals surface area contributed by atoms with Crippen LogP contribution in [-0.2, 0) is 9.53 Å². The predicted molar refractivity (Wildman–Crippen MR) is 90.7 cm³/mol. The first kappa shape index (κ1) is 17.9. The van der Waals surface area contributed by atoms with Crippen molar-refractivity contribution in [2.45, 2.75) is 31.9 Å². The van der Waals surface area contributed by atoms with E-state index in [-0.39, 0.29) is 17.9 Å². The molecule has 1 unspecified atom stereocenters. The Hall–Kier alpha value is -1.44. The first-order valence-electron chi connectivity index (χ1n) is 7.83. The third kappa shape index (κ3) is 5.30. The van der Waals surface area contributed by atoms with Crippen molar-refractivity contribution in [2.24, 2.45) is 0 Å². The Morgan fingerprint density at radius 1 is 1.48 bits per heavy atom. The van der Waals surface area contributed by atoms with Crippen LogP contribution < -0.4 is 10.6 Å². The normalized spacial score (nSPS) is 19.3. The van der Waals surface area contributed by atoms with Gasteiger partial charge in [0.15, 0.2) is 0 Å². The first-order valence-corrected chi connectivity index (χ1v) is 8.71. The highest BCUT2D eigenvalue weighted by Crippen LogP contribution is 2.11. The van der Waals surface area contributed by atoms with Crippen molar-refractivity contribution < 1.29 is 14.3 Å². The zero-order valence-corrected chi connectivity index (χ0v) is 14.7. The smallest absolute Gasteiger partial charge is 0.262 e. The molecular formula is C16H25N3O3S. The third-order valence-corrected chi connectivity index (χ3v) is 4.70. The van der Waals surface area contributed by atoms with Crippen LogP contribution in [0, 0.1) is 0 Å². The van der Waals surface area contributed by atoms with E-state index >= 15 is 0 Å². The minimum Gasteiger partial charge on any atom is -0.375 e. The number of hydrogen-bond donors (Lipinski definition) is 2. The number of ether oxygens (including phenoxy) is 1. The van der Waals surface area contributed by atoms with Crippen molar-refractivity contribution in [3.8, 4) is 0 Å². The van der Waals surface area contributed by atoms with Gasteiger partial charge in [-0.2, -0.15) is 0 Å². The van der Waals surface area contributed by atoms with Crippen LogP contribution in [0.2, 0.25) is 0 Å². The summed E-state index contributed by atoms with van der Waals surface area (Å²) in [5.74, 6) is -0.413. The van der Waals surface area contributed by atoms with E-state index in [0.29, 0.717) is 11.4 Å². The summed E-state index contributed by atoms with van der Waals surface area (Å²) in [6, 6.07) is 3.55. The van der Waals surface area contributed by atoms with Gasteiger partial charge in [0, 0.05) is 19.6 Å². The van der Waals surface area contributed by atoms with Gasteiger partial charge in [0.2, 0.25) is 5.91 Å². The van der Waals surface area contributed by atoms with Crippen molar-refractivity contribution in [3.63, 3.8) is 0 Å². The number of rotatable bonds is 6. The zero-order chi connectivity index (χ0) is 16.9. The molecule has 1 atom stereocenters. The lowest BCUT2D eigenvalue weighted by Gasteiger charge is -2.30. The Morgan fingerprint density at radius 2 is 2.26 bits per heavy atom. The lowest BCUT2D eigenvalue weighted by molar-refractivity contribution is -0.126. The highest BCUT2D eigenvalue weighted by atomic mass is 32.1. The molecule has 1 fully saturated rings. The van der Waals surface area contributed by atoms with Crippen LogP contribution in [0.4, 0.5) is 0 Å². The maximum Gasteiger partial charge on any atom is 0.262 e. The quantitative estimate of drug-likeness (QED) is 0.814. The first-order chi connectivity index (χ1) is 10.9. The largest absolute Gasteiger partial charge is 0.375 e. The molecule has 0 saturated carbocycles. The van der Waals surface area contributed by atoms with E-state index in [0.717, 1.165) is 26.1 Å². The molecule has 0 spiro atoms. The van der Waals surface area contributed by atoms with Crippen LogP contribution >= 0.6 is 11.3 Å². The third-order valence-electron chi connectivity index (χ3n) is 3.83. The van der Waals surface area contributed by atoms with E-state index in [1.807, 2.05) is 11.4 Å². The summed E-state index contributed by atoms with van der Waals surface area (Å²) < 4.78 is 5.67. The average Bonchev–Trinajstić information content (AvgIpc) is 3.01. The van der Waals surface area contributed by atoms with E-state index in [1.165, 1.54) is 11.3 Å². The number of nitrogens with zero attached hydrogens (tertiary/aromatic N) is 1. The topological polar surface area (TPSA) is 70.7 Å². The Balaban J connectivity index is 1.76. The minimum absolute atomic E-state index is 0.151. The van der Waals surface area contributed by atoms with Crippen molar-refractivity contribution in [3.05, 3.63) is 22.4 Å². The Labute approximate surface area is 141 Å². The second-order valence-electron chi connectivity index (χ2n) is 6.36. The molecule has 0 aromatic carbocycles. The van der Waals surface area contributed by atoms with Crippen molar-refractivity contribution in [2.75, 3.05) is 33.3 Å². The molecule has 2 rings (SSSR count). The summed E-state index contributed by atoms with van der Waals surface area (Å²) in [5, 5.41) is 7.50. The van der Waals surface area contributed by atoms with Gasteiger partial charge in [-0.25, -0.2) is 0 Å². The second-order valence-corrected chi connectivity index (χ2v) is 7.30. The molecule has 1 aliphatic heterocycles. The van der Waals surface area contributed by atoms with E-state index in [1.54, 1.807) is 19.9 Å². The molecule has 2 N–H and O–H groups in total. The summed E-state index contributed by atoms with van der Waals surface area (Å²) in [7, 11) is 2.07. The number of thiophene rings is 1. The van der Waals surface area contributed by atoms with Crippen LogP contribution in [0.5, 0.6) is 0 Å². The fraction of sp³-hybridized carbons (Fsp3) is 0.625. The summed E-state index contributed by atoms with van der Waals surface area (Å²) in [6.45, 7) is 6.52. The molecule has 0 aliphatic carbocycles. The number of likely N-dealkylation sites (N-methyl/N-ethyl adjacent to an activating group) is 1. The summed E-state index contributed by atoms with van der Waals surface area (Å²) in [5.41, 5.74) is -0.953. The van der Waals surface area contributed by atoms with Gasteiger partial charge in [0.05, 0.1) is 17.6 Å². The van der Waals surface area contributed by atoms with Crippen LogP contribution in [0.25, 0.3) is 0 Å². The van der Waals surface area contributed by atoms with Gasteiger partial charge in [-0.1, -0.05) is 6.07 Å². The fourth-order valence-electron chi connectivity index (χ4n) is 2.42. The molecule has 2 heterocycles. The zero-order valence-electron chi connectivity index (χ0n) is 13.9. The maximum absolute atomic E-state index is 12.3. The van der Waals surface area contributed by atoms with Gasteiger partial charge in [-0.15, -0.1) is 11.3 Å². The van der Waals surface area contributed by atoms with Crippen LogP contribution in [-0.4, -0.2) is 61.6 Å². The van der Waals surface area contributed by atoms with Gasteiger partial charge in [-0.3, -0.25) is 9.59 Å². The highest BCUT2D eigenvalue weighted by molar-refractivity contribution is 7.12. The van der Waals surface area contributed by atoms with Gasteiger partial charge in [0.1, 0.15) is 5.54 Å². The minimum atomic E-state index is -0.953. The molecule has 1 aromatic rings. The molecule has 6 nitrogen and oxygen atoms in total. The van der Waals surface area contributed by atoms with Crippen LogP contribution in [0.15, 0.2) is 17.5 Å². The van der Waals surface area contributed by atoms with E-state index in [9.17, 15) is 9.59 Å². The molecule has 2 amide bonds. The number of carbonyl (C=O) groups excluding carboxylic acids is 2. The molecule has 0 radical (unpaired) electrons. The SMILES string of the molecule is CN1CCOC(CCNC(=O)C(C)(C)NC(=O)c2cccs2)C1. The molecule has 0 bridgehead atoms. The van der Waals surface area contributed by atoms with Crippen LogP contribution in [0.1, 0.15) is 29.9 Å². The number of morpholine rings is 1. The standard InChI is InChI=1S/C16H25N3O3S/c1-16(2,18-14(20)13-5-4-10-23-13)15(21)17-7-6-12-11-19(3)8-9-22-12/h4-5,10,12H,6-9,11H2,1-3H3,(H,17,21)(H,18,20). The molecule has 1 aliphatic rings. The average molecular weight is 339 g/mol. The van der Waals surface area contributed by atoms with E-state index in [2.05, 4.69) is 22.6 Å². The molecule has 1 aromatic heterocycles. The van der Waals surface area contributed by atoms with E-state index < -0.39 is 5.54 Å². The Kier molecular flexibility index (Phi) is 6.15. The van der Waals surface area contributed by atoms with Gasteiger partial charge >= 0.3 is 0 Å². The second kappa shape index (κ2) is 7.90. The maximum atomic E-state index is 12.3. The number of amides is 2. The molecular weight excluding hydrogens is 314 g/mol. The van der Waals surface area contributed by atoms with Gasteiger partial charge < -0.3 is 20.3 Å². The highest BCUT2D eigenvalue weighted by Gasteiger charge is 2.30. The Bertz CT molecular complexity index is 531. The molecule has 1 saturated heterocycles. The number of nitrogens with one attached hydrogen (secondary N) is 2. The van der Waals surface area contributed by atoms with Gasteiger partial charge in [-0.05, 0) is 38.8 Å². The van der Waals surface area contributed by atoms with Crippen molar-refractivity contribution in [1.82, 2.24) is 15.5 Å². The summed E-state index contributed by atoms with van der Waals surface area (Å²) >= 11 is 1.36. The fourth-order valence-corrected chi connectivity index (χ4v) is 3.04.